The van der Waals surface area contributed by atoms with Crippen molar-refractivity contribution >= 4 is 29.1 Å². The monoisotopic (exact) mass is 374 g/mol. The zero-order valence-corrected chi connectivity index (χ0v) is 15.8. The molecule has 2 saturated heterocycles. The zero-order valence-electron chi connectivity index (χ0n) is 15.1. The van der Waals surface area contributed by atoms with Gasteiger partial charge < -0.3 is 19.7 Å². The van der Waals surface area contributed by atoms with Crippen LogP contribution in [0.4, 0.5) is 17.5 Å². The van der Waals surface area contributed by atoms with Gasteiger partial charge in [0.15, 0.2) is 5.79 Å². The van der Waals surface area contributed by atoms with E-state index < -0.39 is 0 Å². The fourth-order valence-corrected chi connectivity index (χ4v) is 3.59. The third-order valence-electron chi connectivity index (χ3n) is 4.91. The average Bonchev–Trinajstić information content (AvgIpc) is 3.06. The summed E-state index contributed by atoms with van der Waals surface area (Å²) >= 11 is 6.22. The van der Waals surface area contributed by atoms with Gasteiger partial charge in [-0.3, -0.25) is 0 Å². The number of nitrogens with zero attached hydrogens (tertiary/aromatic N) is 3. The minimum atomic E-state index is -0.389. The van der Waals surface area contributed by atoms with E-state index in [-0.39, 0.29) is 5.79 Å². The van der Waals surface area contributed by atoms with Crippen LogP contribution in [-0.4, -0.2) is 42.1 Å². The highest BCUT2D eigenvalue weighted by atomic mass is 35.5. The highest BCUT2D eigenvalue weighted by Crippen LogP contribution is 2.33. The molecule has 2 aliphatic rings. The fraction of sp³-hybridized carbons (Fsp3) is 0.474. The largest absolute Gasteiger partial charge is 0.347 e. The maximum atomic E-state index is 6.22. The smallest absolute Gasteiger partial charge is 0.227 e. The maximum absolute atomic E-state index is 6.22. The topological polar surface area (TPSA) is 59.5 Å². The summed E-state index contributed by atoms with van der Waals surface area (Å²) in [6, 6.07) is 7.84. The molecule has 0 saturated carbocycles. The number of anilines is 3. The first-order chi connectivity index (χ1) is 12.5. The number of benzene rings is 1. The van der Waals surface area contributed by atoms with Gasteiger partial charge in [0.25, 0.3) is 0 Å². The Morgan fingerprint density at radius 2 is 1.81 bits per heavy atom. The highest BCUT2D eigenvalue weighted by molar-refractivity contribution is 6.31. The Kier molecular flexibility index (Phi) is 4.73. The van der Waals surface area contributed by atoms with E-state index in [4.69, 9.17) is 26.1 Å². The fourth-order valence-electron chi connectivity index (χ4n) is 3.41. The lowest BCUT2D eigenvalue weighted by atomic mass is 10.0. The van der Waals surface area contributed by atoms with Gasteiger partial charge in [-0.1, -0.05) is 17.7 Å². The molecule has 1 N–H and O–H groups in total. The summed E-state index contributed by atoms with van der Waals surface area (Å²) in [6.07, 6.45) is 1.67. The summed E-state index contributed by atoms with van der Waals surface area (Å²) in [6.45, 7) is 6.98. The van der Waals surface area contributed by atoms with Crippen LogP contribution in [0.15, 0.2) is 24.3 Å². The SMILES string of the molecule is Cc1cc(Nc2ccc(C)c(Cl)c2)nc(N2CCC3(CC2)OCCO3)n1. The second kappa shape index (κ2) is 7.02. The molecule has 0 atom stereocenters. The number of aromatic nitrogens is 2. The lowest BCUT2D eigenvalue weighted by Gasteiger charge is -2.37. The molecule has 0 radical (unpaired) electrons. The van der Waals surface area contributed by atoms with Crippen molar-refractivity contribution in [1.29, 1.82) is 0 Å². The molecule has 1 spiro atoms. The van der Waals surface area contributed by atoms with Crippen molar-refractivity contribution in [2.75, 3.05) is 36.5 Å². The summed E-state index contributed by atoms with van der Waals surface area (Å²) in [7, 11) is 0. The molecule has 0 bridgehead atoms. The molecule has 0 aliphatic carbocycles. The number of piperidine rings is 1. The lowest BCUT2D eigenvalue weighted by molar-refractivity contribution is -0.169. The van der Waals surface area contributed by atoms with Gasteiger partial charge in [-0.15, -0.1) is 0 Å². The van der Waals surface area contributed by atoms with Crippen LogP contribution in [-0.2, 0) is 9.47 Å². The first kappa shape index (κ1) is 17.5. The van der Waals surface area contributed by atoms with Gasteiger partial charge in [0.05, 0.1) is 13.2 Å². The molecule has 0 amide bonds. The lowest BCUT2D eigenvalue weighted by Crippen LogP contribution is -2.45. The first-order valence-corrected chi connectivity index (χ1v) is 9.33. The standard InChI is InChI=1S/C19H23ClN4O2/c1-13-3-4-15(12-16(13)20)22-17-11-14(2)21-18(23-17)24-7-5-19(6-8-24)25-9-10-26-19/h3-4,11-12H,5-10H2,1-2H3,(H,21,22,23). The van der Waals surface area contributed by atoms with Gasteiger partial charge in [0, 0.05) is 48.4 Å². The van der Waals surface area contributed by atoms with E-state index in [1.54, 1.807) is 0 Å². The third-order valence-corrected chi connectivity index (χ3v) is 5.32. The van der Waals surface area contributed by atoms with Crippen LogP contribution in [0.2, 0.25) is 5.02 Å². The Morgan fingerprint density at radius 1 is 1.08 bits per heavy atom. The highest BCUT2D eigenvalue weighted by Gasteiger charge is 2.40. The molecule has 138 valence electrons. The van der Waals surface area contributed by atoms with E-state index in [1.807, 2.05) is 38.1 Å². The number of aryl methyl sites for hydroxylation is 2. The van der Waals surface area contributed by atoms with Crippen molar-refractivity contribution < 1.29 is 9.47 Å². The van der Waals surface area contributed by atoms with Gasteiger partial charge in [0.2, 0.25) is 5.95 Å². The summed E-state index contributed by atoms with van der Waals surface area (Å²) in [4.78, 5) is 11.5. The van der Waals surface area contributed by atoms with Crippen molar-refractivity contribution in [3.05, 3.63) is 40.5 Å². The number of hydrogen-bond acceptors (Lipinski definition) is 6. The van der Waals surface area contributed by atoms with Crippen LogP contribution in [0, 0.1) is 13.8 Å². The summed E-state index contributed by atoms with van der Waals surface area (Å²) in [5, 5.41) is 4.06. The van der Waals surface area contributed by atoms with Crippen molar-refractivity contribution in [3.63, 3.8) is 0 Å². The summed E-state index contributed by atoms with van der Waals surface area (Å²) in [5.74, 6) is 1.11. The van der Waals surface area contributed by atoms with E-state index in [1.165, 1.54) is 0 Å². The summed E-state index contributed by atoms with van der Waals surface area (Å²) in [5.41, 5.74) is 2.88. The maximum Gasteiger partial charge on any atom is 0.227 e. The molecule has 7 heteroatoms. The first-order valence-electron chi connectivity index (χ1n) is 8.95. The number of ether oxygens (including phenoxy) is 2. The Labute approximate surface area is 158 Å². The van der Waals surface area contributed by atoms with Crippen molar-refractivity contribution in [3.8, 4) is 0 Å². The molecule has 3 heterocycles. The van der Waals surface area contributed by atoms with Crippen molar-refractivity contribution in [1.82, 2.24) is 9.97 Å². The van der Waals surface area contributed by atoms with E-state index in [0.717, 1.165) is 59.7 Å². The molecule has 1 aromatic carbocycles. The normalized spacial score (nSPS) is 19.1. The minimum Gasteiger partial charge on any atom is -0.347 e. The predicted molar refractivity (Wildman–Crippen MR) is 102 cm³/mol. The second-order valence-electron chi connectivity index (χ2n) is 6.88. The van der Waals surface area contributed by atoms with Gasteiger partial charge in [-0.25, -0.2) is 4.98 Å². The minimum absolute atomic E-state index is 0.389. The molecular weight excluding hydrogens is 352 g/mol. The third kappa shape index (κ3) is 3.63. The van der Waals surface area contributed by atoms with Crippen LogP contribution in [0.1, 0.15) is 24.1 Å². The number of halogens is 1. The molecule has 26 heavy (non-hydrogen) atoms. The van der Waals surface area contributed by atoms with Gasteiger partial charge in [0.1, 0.15) is 5.82 Å². The Balaban J connectivity index is 1.50. The number of hydrogen-bond donors (Lipinski definition) is 1. The van der Waals surface area contributed by atoms with E-state index >= 15 is 0 Å². The molecule has 2 aromatic rings. The van der Waals surface area contributed by atoms with Crippen LogP contribution < -0.4 is 10.2 Å². The van der Waals surface area contributed by atoms with Gasteiger partial charge >= 0.3 is 0 Å². The van der Waals surface area contributed by atoms with Crippen LogP contribution in [0.5, 0.6) is 0 Å². The molecule has 1 aromatic heterocycles. The molecular formula is C19H23ClN4O2. The van der Waals surface area contributed by atoms with Gasteiger partial charge in [-0.05, 0) is 31.5 Å². The Morgan fingerprint density at radius 3 is 2.50 bits per heavy atom. The number of nitrogens with one attached hydrogen (secondary N) is 1. The van der Waals surface area contributed by atoms with Gasteiger partial charge in [-0.2, -0.15) is 4.98 Å². The molecule has 6 nitrogen and oxygen atoms in total. The van der Waals surface area contributed by atoms with Crippen LogP contribution >= 0.6 is 11.6 Å². The molecule has 4 rings (SSSR count). The Hall–Kier alpha value is -1.89. The van der Waals surface area contributed by atoms with Crippen LogP contribution in [0.3, 0.4) is 0 Å². The predicted octanol–water partition coefficient (Wildman–Crippen LogP) is 3.83. The second-order valence-corrected chi connectivity index (χ2v) is 7.29. The quantitative estimate of drug-likeness (QED) is 0.881. The average molecular weight is 375 g/mol. The summed E-state index contributed by atoms with van der Waals surface area (Å²) < 4.78 is 11.6. The molecule has 2 fully saturated rings. The van der Waals surface area contributed by atoms with E-state index in [2.05, 4.69) is 15.2 Å². The Bertz CT molecular complexity index is 798. The zero-order chi connectivity index (χ0) is 18.1. The molecule has 2 aliphatic heterocycles. The van der Waals surface area contributed by atoms with E-state index in [9.17, 15) is 0 Å². The van der Waals surface area contributed by atoms with E-state index in [0.29, 0.717) is 13.2 Å². The van der Waals surface area contributed by atoms with Crippen molar-refractivity contribution in [2.24, 2.45) is 0 Å². The van der Waals surface area contributed by atoms with Crippen LogP contribution in [0.25, 0.3) is 0 Å². The molecule has 0 unspecified atom stereocenters. The number of rotatable bonds is 3. The van der Waals surface area contributed by atoms with Crippen molar-refractivity contribution in [2.45, 2.75) is 32.5 Å².